The van der Waals surface area contributed by atoms with E-state index in [2.05, 4.69) is 25.5 Å². The van der Waals surface area contributed by atoms with Gasteiger partial charge in [0.25, 0.3) is 0 Å². The number of hydrogen-bond donors (Lipinski definition) is 1. The number of carbonyl (C=O) groups excluding carboxylic acids is 1. The maximum Gasteiger partial charge on any atom is 0.232 e. The highest BCUT2D eigenvalue weighted by molar-refractivity contribution is 8.01. The molecule has 0 radical (unpaired) electrons. The summed E-state index contributed by atoms with van der Waals surface area (Å²) in [4.78, 5) is 20.8. The van der Waals surface area contributed by atoms with Crippen LogP contribution in [0.15, 0.2) is 34.1 Å². The lowest BCUT2D eigenvalue weighted by Gasteiger charge is -1.98. The minimum Gasteiger partial charge on any atom is -0.300 e. The van der Waals surface area contributed by atoms with Gasteiger partial charge in [-0.25, -0.2) is 4.98 Å². The van der Waals surface area contributed by atoms with Crippen LogP contribution >= 0.6 is 34.4 Å². The van der Waals surface area contributed by atoms with Crippen molar-refractivity contribution >= 4 is 45.5 Å². The Bertz CT molecular complexity index is 787. The van der Waals surface area contributed by atoms with E-state index in [0.717, 1.165) is 26.5 Å². The zero-order chi connectivity index (χ0) is 16.1. The Morgan fingerprint density at radius 3 is 3.04 bits per heavy atom. The number of rotatable bonds is 6. The number of nitrogens with zero attached hydrogens (tertiary/aromatic N) is 4. The summed E-state index contributed by atoms with van der Waals surface area (Å²) in [6, 6.07) is 5.67. The average molecular weight is 363 g/mol. The molecule has 1 amide bonds. The van der Waals surface area contributed by atoms with Crippen LogP contribution < -0.4 is 5.32 Å². The normalized spacial score (nSPS) is 10.7. The third-order valence-corrected chi connectivity index (χ3v) is 5.47. The van der Waals surface area contributed by atoms with Crippen LogP contribution in [0.25, 0.3) is 10.7 Å². The number of carbonyl (C=O) groups is 1. The Morgan fingerprint density at radius 1 is 1.35 bits per heavy atom. The van der Waals surface area contributed by atoms with E-state index >= 15 is 0 Å². The molecular weight excluding hydrogens is 350 g/mol. The smallest absolute Gasteiger partial charge is 0.232 e. The minimum absolute atomic E-state index is 0.146. The second kappa shape index (κ2) is 7.62. The summed E-state index contributed by atoms with van der Waals surface area (Å²) in [7, 11) is 0. The molecule has 0 aliphatic rings. The van der Waals surface area contributed by atoms with Crippen LogP contribution in [0.4, 0.5) is 5.13 Å². The van der Waals surface area contributed by atoms with Gasteiger partial charge in [0.2, 0.25) is 11.0 Å². The van der Waals surface area contributed by atoms with E-state index in [0.29, 0.717) is 5.13 Å². The lowest BCUT2D eigenvalue weighted by atomic mass is 10.3. The van der Waals surface area contributed by atoms with Crippen molar-refractivity contribution in [3.05, 3.63) is 35.5 Å². The second-order valence-electron chi connectivity index (χ2n) is 4.39. The highest BCUT2D eigenvalue weighted by Crippen LogP contribution is 2.25. The molecule has 0 atom stereocenters. The van der Waals surface area contributed by atoms with Gasteiger partial charge in [-0.05, 0) is 17.9 Å². The van der Waals surface area contributed by atoms with Crippen molar-refractivity contribution in [1.29, 1.82) is 0 Å². The monoisotopic (exact) mass is 363 g/mol. The van der Waals surface area contributed by atoms with Gasteiger partial charge >= 0.3 is 0 Å². The molecular formula is C14H13N5OS3. The Balaban J connectivity index is 1.60. The molecule has 0 unspecified atom stereocenters. The molecule has 6 nitrogen and oxygen atoms in total. The molecule has 0 bridgehead atoms. The van der Waals surface area contributed by atoms with E-state index in [-0.39, 0.29) is 12.3 Å². The summed E-state index contributed by atoms with van der Waals surface area (Å²) >= 11 is 4.46. The lowest BCUT2D eigenvalue weighted by molar-refractivity contribution is -0.115. The van der Waals surface area contributed by atoms with Crippen LogP contribution in [-0.4, -0.2) is 31.8 Å². The predicted molar refractivity (Wildman–Crippen MR) is 94.0 cm³/mol. The predicted octanol–water partition coefficient (Wildman–Crippen LogP) is 3.35. The maximum atomic E-state index is 12.1. The molecule has 1 N–H and O–H groups in total. The van der Waals surface area contributed by atoms with Crippen LogP contribution in [0.1, 0.15) is 12.6 Å². The molecule has 3 aromatic heterocycles. The van der Waals surface area contributed by atoms with Crippen LogP contribution in [0, 0.1) is 0 Å². The number of pyridine rings is 1. The van der Waals surface area contributed by atoms with Gasteiger partial charge < -0.3 is 5.32 Å². The molecule has 9 heteroatoms. The van der Waals surface area contributed by atoms with Gasteiger partial charge in [0.15, 0.2) is 4.34 Å². The Labute approximate surface area is 145 Å². The summed E-state index contributed by atoms with van der Waals surface area (Å²) in [5.74, 6) is 0.782. The third kappa shape index (κ3) is 4.34. The first-order valence-corrected chi connectivity index (χ1v) is 9.54. The van der Waals surface area contributed by atoms with Gasteiger partial charge in [0.05, 0.1) is 17.8 Å². The van der Waals surface area contributed by atoms with Crippen molar-refractivity contribution in [1.82, 2.24) is 20.2 Å². The van der Waals surface area contributed by atoms with Gasteiger partial charge in [0.1, 0.15) is 5.01 Å². The zero-order valence-corrected chi connectivity index (χ0v) is 14.7. The first kappa shape index (κ1) is 16.0. The largest absolute Gasteiger partial charge is 0.300 e. The number of amides is 1. The molecule has 3 rings (SSSR count). The fourth-order valence-electron chi connectivity index (χ4n) is 1.77. The van der Waals surface area contributed by atoms with E-state index < -0.39 is 0 Å². The van der Waals surface area contributed by atoms with E-state index in [1.807, 2.05) is 30.5 Å². The highest BCUT2D eigenvalue weighted by atomic mass is 32.2. The number of nitrogens with one attached hydrogen (secondary N) is 1. The summed E-state index contributed by atoms with van der Waals surface area (Å²) in [5, 5.41) is 13.9. The summed E-state index contributed by atoms with van der Waals surface area (Å²) < 4.78 is 0.855. The van der Waals surface area contributed by atoms with Crippen LogP contribution in [0.2, 0.25) is 0 Å². The fourth-order valence-corrected chi connectivity index (χ4v) is 4.23. The minimum atomic E-state index is -0.146. The van der Waals surface area contributed by atoms with Gasteiger partial charge in [-0.2, -0.15) is 0 Å². The fraction of sp³-hybridized carbons (Fsp3) is 0.214. The maximum absolute atomic E-state index is 12.1. The van der Waals surface area contributed by atoms with Crippen molar-refractivity contribution in [2.24, 2.45) is 0 Å². The van der Waals surface area contributed by atoms with Crippen molar-refractivity contribution in [3.63, 3.8) is 0 Å². The van der Waals surface area contributed by atoms with E-state index in [9.17, 15) is 4.79 Å². The van der Waals surface area contributed by atoms with Crippen molar-refractivity contribution in [3.8, 4) is 10.7 Å². The molecule has 3 heterocycles. The standard InChI is InChI=1S/C14H13N5OS3/c1-2-21-14-19-18-13(23-14)17-11(20)7-9-8-22-12(16-9)10-5-3-4-6-15-10/h3-6,8H,2,7H2,1H3,(H,17,18,20). The van der Waals surface area contributed by atoms with Gasteiger partial charge in [0, 0.05) is 11.6 Å². The average Bonchev–Trinajstić information content (AvgIpc) is 3.18. The van der Waals surface area contributed by atoms with E-state index in [1.165, 1.54) is 22.7 Å². The third-order valence-electron chi connectivity index (χ3n) is 2.70. The number of hydrogen-bond acceptors (Lipinski definition) is 8. The van der Waals surface area contributed by atoms with Gasteiger partial charge in [-0.3, -0.25) is 9.78 Å². The quantitative estimate of drug-likeness (QED) is 0.534. The molecule has 0 saturated heterocycles. The summed E-state index contributed by atoms with van der Waals surface area (Å²) in [6.07, 6.45) is 1.93. The number of thiazole rings is 1. The number of thioether (sulfide) groups is 1. The molecule has 0 aliphatic carbocycles. The Hall–Kier alpha value is -1.84. The first-order chi connectivity index (χ1) is 11.2. The Kier molecular flexibility index (Phi) is 5.31. The van der Waals surface area contributed by atoms with E-state index in [1.54, 1.807) is 18.0 Å². The molecule has 23 heavy (non-hydrogen) atoms. The van der Waals surface area contributed by atoms with Gasteiger partial charge in [-0.15, -0.1) is 21.5 Å². The van der Waals surface area contributed by atoms with Crippen LogP contribution in [-0.2, 0) is 11.2 Å². The molecule has 0 aromatic carbocycles. The SMILES string of the molecule is CCSc1nnc(NC(=O)Cc2csc(-c3ccccn3)n2)s1. The van der Waals surface area contributed by atoms with Crippen molar-refractivity contribution in [2.45, 2.75) is 17.7 Å². The molecule has 118 valence electrons. The molecule has 0 aliphatic heterocycles. The molecule has 0 fully saturated rings. The Morgan fingerprint density at radius 2 is 2.26 bits per heavy atom. The zero-order valence-electron chi connectivity index (χ0n) is 12.2. The van der Waals surface area contributed by atoms with Crippen LogP contribution in [0.3, 0.4) is 0 Å². The molecule has 0 spiro atoms. The van der Waals surface area contributed by atoms with Gasteiger partial charge in [-0.1, -0.05) is 36.1 Å². The molecule has 0 saturated carbocycles. The summed E-state index contributed by atoms with van der Waals surface area (Å²) in [5.41, 5.74) is 1.54. The summed E-state index contributed by atoms with van der Waals surface area (Å²) in [6.45, 7) is 2.05. The topological polar surface area (TPSA) is 80.7 Å². The number of anilines is 1. The van der Waals surface area contributed by atoms with Crippen LogP contribution in [0.5, 0.6) is 0 Å². The second-order valence-corrected chi connectivity index (χ2v) is 7.74. The van der Waals surface area contributed by atoms with Crippen molar-refractivity contribution in [2.75, 3.05) is 11.1 Å². The lowest BCUT2D eigenvalue weighted by Crippen LogP contribution is -2.14. The van der Waals surface area contributed by atoms with E-state index in [4.69, 9.17) is 0 Å². The van der Waals surface area contributed by atoms with Crippen molar-refractivity contribution < 1.29 is 4.79 Å². The molecule has 3 aromatic rings. The number of aromatic nitrogens is 4. The first-order valence-electron chi connectivity index (χ1n) is 6.86. The highest BCUT2D eigenvalue weighted by Gasteiger charge is 2.12.